The highest BCUT2D eigenvalue weighted by atomic mass is 32.1. The molecule has 0 saturated carbocycles. The van der Waals surface area contributed by atoms with Gasteiger partial charge in [-0.2, -0.15) is 4.99 Å². The minimum absolute atomic E-state index is 0.140. The number of nitrogens with two attached hydrogens (primary N) is 2. The van der Waals surface area contributed by atoms with E-state index in [9.17, 15) is 19.5 Å². The normalized spacial score (nSPS) is 11.3. The molecular weight excluding hydrogens is 444 g/mol. The van der Waals surface area contributed by atoms with Crippen LogP contribution in [0.15, 0.2) is 59.6 Å². The monoisotopic (exact) mass is 466 g/mol. The van der Waals surface area contributed by atoms with E-state index >= 15 is 0 Å². The minimum Gasteiger partial charge on any atom is -0.480 e. The highest BCUT2D eigenvalue weighted by molar-refractivity contribution is 7.17. The molecule has 0 fully saturated rings. The van der Waals surface area contributed by atoms with E-state index in [0.29, 0.717) is 16.3 Å². The van der Waals surface area contributed by atoms with E-state index in [1.165, 1.54) is 12.1 Å². The summed E-state index contributed by atoms with van der Waals surface area (Å²) in [4.78, 5) is 45.3. The molecule has 33 heavy (non-hydrogen) atoms. The second kappa shape index (κ2) is 10.4. The molecule has 7 N–H and O–H groups in total. The van der Waals surface area contributed by atoms with Gasteiger partial charge in [0.1, 0.15) is 10.9 Å². The third kappa shape index (κ3) is 6.37. The fourth-order valence-electron chi connectivity index (χ4n) is 2.97. The summed E-state index contributed by atoms with van der Waals surface area (Å²) >= 11 is 1.02. The Morgan fingerprint density at radius 1 is 1.09 bits per heavy atom. The molecule has 2 amide bonds. The quantitative estimate of drug-likeness (QED) is 0.249. The van der Waals surface area contributed by atoms with Gasteiger partial charge in [-0.1, -0.05) is 47.7 Å². The Morgan fingerprint density at radius 2 is 1.82 bits per heavy atom. The number of aliphatic imine (C=N–C) groups is 1. The van der Waals surface area contributed by atoms with Gasteiger partial charge in [0.05, 0.1) is 5.69 Å². The third-order valence-corrected chi connectivity index (χ3v) is 5.54. The standard InChI is InChI=1S/C22H22N6O4S/c1-12-17(33-22(25-12)28-21(23)24)19(30)26-15-9-5-8-14(11-15)18(29)27-16(20(31)32)10-13-6-3-2-4-7-13/h2-9,11,16H,10H2,1H3,(H,26,30)(H,27,29)(H,31,32)(H4,23,24,25,28). The van der Waals surface area contributed by atoms with Gasteiger partial charge < -0.3 is 27.2 Å². The van der Waals surface area contributed by atoms with E-state index in [1.807, 2.05) is 6.07 Å². The minimum atomic E-state index is -1.14. The van der Waals surface area contributed by atoms with Crippen LogP contribution in [0, 0.1) is 6.92 Å². The summed E-state index contributed by atoms with van der Waals surface area (Å²) in [5, 5.41) is 15.0. The second-order valence-electron chi connectivity index (χ2n) is 7.04. The van der Waals surface area contributed by atoms with Gasteiger partial charge in [0.25, 0.3) is 11.8 Å². The van der Waals surface area contributed by atoms with Crippen molar-refractivity contribution in [3.8, 4) is 0 Å². The van der Waals surface area contributed by atoms with Crippen LogP contribution in [0.2, 0.25) is 0 Å². The Hall–Kier alpha value is -4.25. The van der Waals surface area contributed by atoms with Crippen LogP contribution in [0.1, 0.15) is 31.3 Å². The number of amides is 2. The average Bonchev–Trinajstić information content (AvgIpc) is 3.13. The van der Waals surface area contributed by atoms with Gasteiger partial charge in [0.2, 0.25) is 5.13 Å². The van der Waals surface area contributed by atoms with E-state index < -0.39 is 23.8 Å². The number of carbonyl (C=O) groups excluding carboxylic acids is 2. The number of guanidine groups is 1. The van der Waals surface area contributed by atoms with Gasteiger partial charge in [-0.25, -0.2) is 9.78 Å². The molecule has 0 saturated heterocycles. The predicted octanol–water partition coefficient (Wildman–Crippen LogP) is 2.03. The first-order chi connectivity index (χ1) is 15.7. The third-order valence-electron chi connectivity index (χ3n) is 4.48. The number of aryl methyl sites for hydroxylation is 1. The van der Waals surface area contributed by atoms with Gasteiger partial charge in [-0.05, 0) is 30.7 Å². The maximum atomic E-state index is 12.7. The number of carboxylic acids is 1. The van der Waals surface area contributed by atoms with Crippen LogP contribution >= 0.6 is 11.3 Å². The van der Waals surface area contributed by atoms with Crippen molar-refractivity contribution in [1.29, 1.82) is 0 Å². The number of benzene rings is 2. The lowest BCUT2D eigenvalue weighted by Gasteiger charge is -2.15. The van der Waals surface area contributed by atoms with Gasteiger partial charge >= 0.3 is 5.97 Å². The molecule has 1 atom stereocenters. The van der Waals surface area contributed by atoms with Crippen LogP contribution in [-0.2, 0) is 11.2 Å². The van der Waals surface area contributed by atoms with Gasteiger partial charge in [0.15, 0.2) is 5.96 Å². The highest BCUT2D eigenvalue weighted by Gasteiger charge is 2.22. The number of hydrogen-bond acceptors (Lipinski definition) is 6. The van der Waals surface area contributed by atoms with Gasteiger partial charge in [0, 0.05) is 17.7 Å². The van der Waals surface area contributed by atoms with Crippen LogP contribution in [0.25, 0.3) is 0 Å². The summed E-state index contributed by atoms with van der Waals surface area (Å²) in [5.74, 6) is -2.32. The molecule has 2 aromatic carbocycles. The summed E-state index contributed by atoms with van der Waals surface area (Å²) in [6, 6.07) is 14.1. The van der Waals surface area contributed by atoms with Crippen molar-refractivity contribution in [3.63, 3.8) is 0 Å². The van der Waals surface area contributed by atoms with Crippen LogP contribution in [0.5, 0.6) is 0 Å². The molecule has 10 nitrogen and oxygen atoms in total. The number of nitrogens with one attached hydrogen (secondary N) is 2. The number of carboxylic acid groups (broad SMARTS) is 1. The lowest BCUT2D eigenvalue weighted by molar-refractivity contribution is -0.139. The lowest BCUT2D eigenvalue weighted by Crippen LogP contribution is -2.42. The fraction of sp³-hybridized carbons (Fsp3) is 0.136. The first-order valence-electron chi connectivity index (χ1n) is 9.79. The van der Waals surface area contributed by atoms with Crippen molar-refractivity contribution < 1.29 is 19.5 Å². The van der Waals surface area contributed by atoms with Crippen molar-refractivity contribution in [2.24, 2.45) is 16.5 Å². The van der Waals surface area contributed by atoms with Gasteiger partial charge in [-0.3, -0.25) is 9.59 Å². The average molecular weight is 467 g/mol. The SMILES string of the molecule is Cc1nc(N=C(N)N)sc1C(=O)Nc1cccc(C(=O)NC(Cc2ccccc2)C(=O)O)c1. The summed E-state index contributed by atoms with van der Waals surface area (Å²) in [6.07, 6.45) is 0.140. The van der Waals surface area contributed by atoms with Crippen molar-refractivity contribution in [2.75, 3.05) is 5.32 Å². The first kappa shape index (κ1) is 23.4. The summed E-state index contributed by atoms with van der Waals surface area (Å²) < 4.78 is 0. The molecule has 0 aliphatic carbocycles. The summed E-state index contributed by atoms with van der Waals surface area (Å²) in [6.45, 7) is 1.65. The van der Waals surface area contributed by atoms with E-state index in [1.54, 1.807) is 43.3 Å². The first-order valence-corrected chi connectivity index (χ1v) is 10.6. The number of anilines is 1. The topological polar surface area (TPSA) is 173 Å². The van der Waals surface area contributed by atoms with Crippen molar-refractivity contribution in [1.82, 2.24) is 10.3 Å². The molecular formula is C22H22N6O4S. The lowest BCUT2D eigenvalue weighted by atomic mass is 10.1. The molecule has 0 radical (unpaired) electrons. The van der Waals surface area contributed by atoms with Crippen molar-refractivity contribution in [3.05, 3.63) is 76.3 Å². The number of nitrogens with zero attached hydrogens (tertiary/aromatic N) is 2. The Balaban J connectivity index is 1.71. The maximum Gasteiger partial charge on any atom is 0.326 e. The van der Waals surface area contributed by atoms with E-state index in [4.69, 9.17) is 11.5 Å². The molecule has 3 rings (SSSR count). The molecule has 1 heterocycles. The van der Waals surface area contributed by atoms with Crippen LogP contribution in [0.3, 0.4) is 0 Å². The van der Waals surface area contributed by atoms with E-state index in [-0.39, 0.29) is 23.1 Å². The number of rotatable bonds is 8. The highest BCUT2D eigenvalue weighted by Crippen LogP contribution is 2.26. The number of aliphatic carboxylic acids is 1. The molecule has 11 heteroatoms. The molecule has 0 spiro atoms. The number of carbonyl (C=O) groups is 3. The fourth-order valence-corrected chi connectivity index (χ4v) is 3.82. The van der Waals surface area contributed by atoms with Crippen molar-refractivity contribution in [2.45, 2.75) is 19.4 Å². The van der Waals surface area contributed by atoms with Crippen LogP contribution < -0.4 is 22.1 Å². The molecule has 1 aromatic heterocycles. The zero-order valence-electron chi connectivity index (χ0n) is 17.6. The van der Waals surface area contributed by atoms with E-state index in [2.05, 4.69) is 20.6 Å². The zero-order chi connectivity index (χ0) is 24.0. The molecule has 0 aliphatic rings. The number of thiazole rings is 1. The molecule has 0 bridgehead atoms. The predicted molar refractivity (Wildman–Crippen MR) is 126 cm³/mol. The summed E-state index contributed by atoms with van der Waals surface area (Å²) in [7, 11) is 0. The molecule has 0 aliphatic heterocycles. The smallest absolute Gasteiger partial charge is 0.326 e. The Kier molecular flexibility index (Phi) is 7.36. The van der Waals surface area contributed by atoms with Crippen LogP contribution in [-0.4, -0.2) is 39.9 Å². The van der Waals surface area contributed by atoms with Gasteiger partial charge in [-0.15, -0.1) is 0 Å². The van der Waals surface area contributed by atoms with E-state index in [0.717, 1.165) is 16.9 Å². The Bertz CT molecular complexity index is 1200. The zero-order valence-corrected chi connectivity index (χ0v) is 18.4. The van der Waals surface area contributed by atoms with Crippen molar-refractivity contribution >= 4 is 45.9 Å². The number of hydrogen-bond donors (Lipinski definition) is 5. The summed E-state index contributed by atoms with van der Waals surface area (Å²) in [5.41, 5.74) is 12.5. The Morgan fingerprint density at radius 3 is 2.48 bits per heavy atom. The second-order valence-corrected chi connectivity index (χ2v) is 8.01. The number of aromatic nitrogens is 1. The molecule has 1 unspecified atom stereocenters. The largest absolute Gasteiger partial charge is 0.480 e. The van der Waals surface area contributed by atoms with Crippen LogP contribution in [0.4, 0.5) is 10.8 Å². The molecule has 170 valence electrons. The molecule has 3 aromatic rings. The Labute approximate surface area is 193 Å². The maximum absolute atomic E-state index is 12.7.